The van der Waals surface area contributed by atoms with Crippen molar-refractivity contribution >= 4 is 34.9 Å². The molecule has 4 aliphatic rings. The third-order valence-electron chi connectivity index (χ3n) is 10.1. The van der Waals surface area contributed by atoms with Gasteiger partial charge in [-0.15, -0.1) is 0 Å². The number of nitrogens with zero attached hydrogens (tertiary/aromatic N) is 1. The first-order valence-electron chi connectivity index (χ1n) is 16.8. The molecule has 0 aromatic heterocycles. The van der Waals surface area contributed by atoms with Gasteiger partial charge in [-0.2, -0.15) is 0 Å². The highest BCUT2D eigenvalue weighted by molar-refractivity contribution is 6.63. The van der Waals surface area contributed by atoms with Crippen molar-refractivity contribution in [3.05, 3.63) is 70.2 Å². The third kappa shape index (κ3) is 7.10. The van der Waals surface area contributed by atoms with Crippen molar-refractivity contribution in [1.82, 2.24) is 0 Å². The fourth-order valence-corrected chi connectivity index (χ4v) is 6.78. The van der Waals surface area contributed by atoms with E-state index in [9.17, 15) is 44.4 Å². The molecule has 14 nitrogen and oxygen atoms in total. The van der Waals surface area contributed by atoms with Crippen LogP contribution >= 0.6 is 0 Å². The van der Waals surface area contributed by atoms with Crippen molar-refractivity contribution in [2.45, 2.75) is 85.6 Å². The van der Waals surface area contributed by atoms with E-state index in [0.717, 1.165) is 6.26 Å². The van der Waals surface area contributed by atoms with Gasteiger partial charge in [0.2, 0.25) is 5.78 Å². The molecule has 9 atom stereocenters. The van der Waals surface area contributed by atoms with Crippen LogP contribution in [0.25, 0.3) is 0 Å². The number of Topliss-reactive ketones (excluding diaryl/α,β-unsaturated/α-hetero) is 3. The van der Waals surface area contributed by atoms with Crippen molar-refractivity contribution in [2.75, 3.05) is 7.11 Å². The molecular formula is C38H45NO13. The number of esters is 1. The summed E-state index contributed by atoms with van der Waals surface area (Å²) in [5.74, 6) is -10.2. The Balaban J connectivity index is 1.91. The van der Waals surface area contributed by atoms with Gasteiger partial charge in [-0.25, -0.2) is 4.99 Å². The molecule has 4 N–H and O–H groups in total. The van der Waals surface area contributed by atoms with E-state index in [0.29, 0.717) is 6.26 Å². The lowest BCUT2D eigenvalue weighted by Gasteiger charge is -2.38. The van der Waals surface area contributed by atoms with E-state index >= 15 is 0 Å². The summed E-state index contributed by atoms with van der Waals surface area (Å²) in [4.78, 5) is 70.9. The van der Waals surface area contributed by atoms with Gasteiger partial charge in [-0.05, 0) is 19.9 Å². The maximum Gasteiger partial charge on any atom is 0.312 e. The Bertz CT molecular complexity index is 1840. The number of aliphatic imine (C=N–C) groups is 1. The van der Waals surface area contributed by atoms with E-state index in [1.165, 1.54) is 53.0 Å². The Morgan fingerprint density at radius 3 is 2.19 bits per heavy atom. The number of phenols is 1. The first-order valence-corrected chi connectivity index (χ1v) is 16.8. The number of ether oxygens (including phenoxy) is 4. The molecule has 0 saturated carbocycles. The quantitative estimate of drug-likeness (QED) is 0.193. The van der Waals surface area contributed by atoms with Crippen molar-refractivity contribution in [3.63, 3.8) is 0 Å². The molecule has 1 aromatic carbocycles. The number of carbonyl (C=O) groups is 5. The number of hydrogen-bond donors (Lipinski definition) is 4. The third-order valence-corrected chi connectivity index (χ3v) is 10.1. The Kier molecular flexibility index (Phi) is 11.8. The second-order valence-corrected chi connectivity index (χ2v) is 13.6. The van der Waals surface area contributed by atoms with Crippen LogP contribution in [0.2, 0.25) is 0 Å². The van der Waals surface area contributed by atoms with Gasteiger partial charge in [0, 0.05) is 55.8 Å². The Labute approximate surface area is 301 Å². The van der Waals surface area contributed by atoms with E-state index < -0.39 is 111 Å². The predicted octanol–water partition coefficient (Wildman–Crippen LogP) is 4.04. The summed E-state index contributed by atoms with van der Waals surface area (Å²) in [6, 6.07) is 0. The summed E-state index contributed by atoms with van der Waals surface area (Å²) in [6.07, 6.45) is 3.32. The fraction of sp³-hybridized carbons (Fsp3) is 0.474. The van der Waals surface area contributed by atoms with Crippen LogP contribution in [0.1, 0.15) is 85.1 Å². The van der Waals surface area contributed by atoms with Crippen molar-refractivity contribution in [2.24, 2.45) is 28.7 Å². The number of carbonyl (C=O) groups excluding carboxylic acids is 5. The van der Waals surface area contributed by atoms with Gasteiger partial charge < -0.3 is 39.4 Å². The molecule has 0 radical (unpaired) electrons. The molecular weight excluding hydrogens is 678 g/mol. The highest BCUT2D eigenvalue weighted by Gasteiger charge is 2.53. The number of hydrogen-bond acceptors (Lipinski definition) is 13. The average molecular weight is 724 g/mol. The zero-order chi connectivity index (χ0) is 39.0. The Morgan fingerprint density at radius 1 is 0.942 bits per heavy atom. The number of allylic oxidation sites excluding steroid dienone is 3. The topological polar surface area (TPSA) is 216 Å². The molecule has 0 fully saturated rings. The maximum atomic E-state index is 14.0. The number of methoxy groups -OCH3 is 1. The number of benzene rings is 1. The lowest BCUT2D eigenvalue weighted by Crippen LogP contribution is -2.46. The molecule has 280 valence electrons. The van der Waals surface area contributed by atoms with E-state index in [2.05, 4.69) is 4.99 Å². The molecule has 1 amide bonds. The van der Waals surface area contributed by atoms with Crippen molar-refractivity contribution < 1.29 is 63.3 Å². The van der Waals surface area contributed by atoms with Crippen LogP contribution in [-0.2, 0) is 23.8 Å². The van der Waals surface area contributed by atoms with Crippen LogP contribution in [0, 0.1) is 30.6 Å². The summed E-state index contributed by atoms with van der Waals surface area (Å²) in [6.45, 7) is 12.0. The number of amides is 1. The molecule has 5 bridgehead atoms. The lowest BCUT2D eigenvalue weighted by molar-refractivity contribution is -0.160. The van der Waals surface area contributed by atoms with E-state index in [4.69, 9.17) is 18.9 Å². The number of rotatable bonds is 2. The number of aromatic hydroxyl groups is 1. The van der Waals surface area contributed by atoms with Crippen LogP contribution in [0.5, 0.6) is 11.5 Å². The number of aliphatic hydroxyl groups excluding tert-OH is 3. The molecule has 1 aliphatic carbocycles. The van der Waals surface area contributed by atoms with Crippen LogP contribution in [0.3, 0.4) is 0 Å². The summed E-state index contributed by atoms with van der Waals surface area (Å²) < 4.78 is 23.1. The molecule has 0 saturated heterocycles. The van der Waals surface area contributed by atoms with Crippen molar-refractivity contribution in [1.29, 1.82) is 0 Å². The van der Waals surface area contributed by atoms with Crippen LogP contribution in [-0.4, -0.2) is 92.7 Å². The summed E-state index contributed by atoms with van der Waals surface area (Å²) in [7, 11) is 1.40. The van der Waals surface area contributed by atoms with Crippen LogP contribution in [0.4, 0.5) is 0 Å². The summed E-state index contributed by atoms with van der Waals surface area (Å²) in [5, 5.41) is 43.8. The second kappa shape index (κ2) is 15.4. The predicted molar refractivity (Wildman–Crippen MR) is 186 cm³/mol. The minimum Gasteiger partial charge on any atom is -0.515 e. The maximum absolute atomic E-state index is 14.0. The molecule has 14 heteroatoms. The van der Waals surface area contributed by atoms with E-state index in [1.54, 1.807) is 33.8 Å². The van der Waals surface area contributed by atoms with E-state index in [1.807, 2.05) is 0 Å². The molecule has 3 aliphatic heterocycles. The van der Waals surface area contributed by atoms with Gasteiger partial charge in [-0.1, -0.05) is 45.9 Å². The molecule has 3 heterocycles. The van der Waals surface area contributed by atoms with Crippen LogP contribution in [0.15, 0.2) is 53.0 Å². The highest BCUT2D eigenvalue weighted by Crippen LogP contribution is 2.48. The average Bonchev–Trinajstić information content (AvgIpc) is 3.36. The normalized spacial score (nSPS) is 34.6. The first kappa shape index (κ1) is 39.9. The van der Waals surface area contributed by atoms with E-state index in [-0.39, 0.29) is 22.4 Å². The standard InChI is InChI=1S/C38H45NO13/c1-16-11-10-12-17(2)37(48)39-28-23(15-40)32(45)25-26(33(28)46)31(44)21(6)35-27(25)36(47)38(8,52-35)50-14-13-24(49-9)18(3)34(51-22(7)41)20(5)30(43)19(4)29(16)42/h10-16,18-20,24,29-30,34,40,42-44H,1-9H3/b11-10+,14-13+,17-12+,23-15?,39-28?/t16-,18+,19+,20+,24-,29-,30+,34+,38-/m0/s1. The molecule has 5 rings (SSSR count). The number of phenolic OH excluding ortho intramolecular Hbond substituents is 1. The first-order chi connectivity index (χ1) is 24.3. The number of fused-ring (bicyclic) bond motifs is 14. The van der Waals surface area contributed by atoms with Gasteiger partial charge in [0.05, 0.1) is 53.1 Å². The fourth-order valence-electron chi connectivity index (χ4n) is 6.78. The van der Waals surface area contributed by atoms with Crippen molar-refractivity contribution in [3.8, 4) is 11.5 Å². The summed E-state index contributed by atoms with van der Waals surface area (Å²) >= 11 is 0. The second-order valence-electron chi connectivity index (χ2n) is 13.6. The van der Waals surface area contributed by atoms with Gasteiger partial charge in [0.15, 0.2) is 5.78 Å². The van der Waals surface area contributed by atoms with Gasteiger partial charge in [-0.3, -0.25) is 24.0 Å². The minimum absolute atomic E-state index is 0.00903. The zero-order valence-electron chi connectivity index (χ0n) is 30.5. The Morgan fingerprint density at radius 2 is 1.60 bits per heavy atom. The Hall–Kier alpha value is -4.92. The van der Waals surface area contributed by atoms with Gasteiger partial charge >= 0.3 is 11.8 Å². The highest BCUT2D eigenvalue weighted by atomic mass is 16.7. The zero-order valence-corrected chi connectivity index (χ0v) is 30.5. The van der Waals surface area contributed by atoms with Gasteiger partial charge in [0.25, 0.3) is 11.7 Å². The molecule has 0 unspecified atom stereocenters. The molecule has 52 heavy (non-hydrogen) atoms. The monoisotopic (exact) mass is 723 g/mol. The molecule has 1 aromatic rings. The summed E-state index contributed by atoms with van der Waals surface area (Å²) in [5.41, 5.74) is -3.01. The molecule has 0 spiro atoms. The largest absolute Gasteiger partial charge is 0.515 e. The SMILES string of the molecule is CO[C@H]1/C=C/O[C@@]2(C)Oc3c(C)c(O)c4c(c3C2=O)C(=O)C(=CO)C(=NC(=O)/C(C)=C/C=C/[C@H](C)[C@H](O)[C@@H](C)[C@@H](O)[C@@H](C)[C@H](OC(C)=O)[C@@H]1C)C4=O. The lowest BCUT2D eigenvalue weighted by atomic mass is 9.78. The smallest absolute Gasteiger partial charge is 0.312 e. The van der Waals surface area contributed by atoms with Crippen LogP contribution < -0.4 is 4.74 Å². The number of aliphatic hydroxyl groups is 3. The number of ketones is 3. The van der Waals surface area contributed by atoms with Gasteiger partial charge in [0.1, 0.15) is 23.3 Å². The minimum atomic E-state index is -2.12.